The molecule has 0 unspecified atom stereocenters. The van der Waals surface area contributed by atoms with Gasteiger partial charge >= 0.3 is 11.9 Å². The van der Waals surface area contributed by atoms with E-state index in [-0.39, 0.29) is 60.4 Å². The average Bonchev–Trinajstić information content (AvgIpc) is 3.31. The van der Waals surface area contributed by atoms with Crippen molar-refractivity contribution in [3.8, 4) is 11.1 Å². The van der Waals surface area contributed by atoms with Gasteiger partial charge in [-0.15, -0.1) is 11.8 Å². The van der Waals surface area contributed by atoms with Crippen molar-refractivity contribution in [2.75, 3.05) is 37.0 Å². The molecule has 6 rings (SSSR count). The zero-order chi connectivity index (χ0) is 29.2. The van der Waals surface area contributed by atoms with Gasteiger partial charge in [0.25, 0.3) is 0 Å². The molecule has 0 saturated carbocycles. The van der Waals surface area contributed by atoms with Gasteiger partial charge in [-0.2, -0.15) is 18.2 Å². The summed E-state index contributed by atoms with van der Waals surface area (Å²) in [5, 5.41) is -0.472. The number of thioether (sulfide) groups is 1. The highest BCUT2D eigenvalue weighted by atomic mass is 35.5. The maximum absolute atomic E-state index is 15.1. The van der Waals surface area contributed by atoms with E-state index in [1.165, 1.54) is 10.6 Å². The number of rotatable bonds is 3. The highest BCUT2D eigenvalue weighted by Gasteiger charge is 2.44. The quantitative estimate of drug-likeness (QED) is 0.233. The molecule has 14 heteroatoms. The number of halogens is 6. The fourth-order valence-electron chi connectivity index (χ4n) is 5.89. The van der Waals surface area contributed by atoms with E-state index in [0.717, 1.165) is 23.9 Å². The Balaban J connectivity index is 1.66. The minimum atomic E-state index is -4.95. The van der Waals surface area contributed by atoms with Crippen LogP contribution in [0, 0.1) is 11.6 Å². The first kappa shape index (κ1) is 28.0. The molecule has 2 fully saturated rings. The Morgan fingerprint density at radius 1 is 1.12 bits per heavy atom. The highest BCUT2D eigenvalue weighted by molar-refractivity contribution is 7.99. The van der Waals surface area contributed by atoms with E-state index < -0.39 is 57.3 Å². The molecule has 0 spiro atoms. The Morgan fingerprint density at radius 2 is 1.88 bits per heavy atom. The van der Waals surface area contributed by atoms with E-state index in [4.69, 9.17) is 16.3 Å². The lowest BCUT2D eigenvalue weighted by Gasteiger charge is -2.44. The molecule has 41 heavy (non-hydrogen) atoms. The van der Waals surface area contributed by atoms with Crippen molar-refractivity contribution in [1.82, 2.24) is 14.5 Å². The van der Waals surface area contributed by atoms with E-state index in [1.807, 2.05) is 0 Å². The number of hydrogen-bond donors (Lipinski definition) is 0. The second-order valence-electron chi connectivity index (χ2n) is 9.94. The second kappa shape index (κ2) is 10.3. The Kier molecular flexibility index (Phi) is 7.02. The van der Waals surface area contributed by atoms with Gasteiger partial charge < -0.3 is 14.5 Å². The highest BCUT2D eigenvalue weighted by Crippen LogP contribution is 2.49. The lowest BCUT2D eigenvalue weighted by Crippen LogP contribution is -2.61. The molecular formula is C27H22ClF5N4O3S. The summed E-state index contributed by atoms with van der Waals surface area (Å²) in [5.74, 6) is -2.24. The van der Waals surface area contributed by atoms with Gasteiger partial charge in [0, 0.05) is 47.1 Å². The normalized spacial score (nSPS) is 20.7. The number of aromatic nitrogens is 2. The summed E-state index contributed by atoms with van der Waals surface area (Å²) >= 11 is 6.96. The predicted octanol–water partition coefficient (Wildman–Crippen LogP) is 5.11. The summed E-state index contributed by atoms with van der Waals surface area (Å²) in [6, 6.07) is 1.27. The third kappa shape index (κ3) is 4.58. The van der Waals surface area contributed by atoms with E-state index in [0.29, 0.717) is 18.2 Å². The number of carbonyl (C=O) groups excluding carboxylic acids is 1. The number of alkyl halides is 3. The van der Waals surface area contributed by atoms with Crippen LogP contribution in [0.3, 0.4) is 0 Å². The van der Waals surface area contributed by atoms with Crippen molar-refractivity contribution in [2.45, 2.75) is 36.1 Å². The fourth-order valence-corrected chi connectivity index (χ4v) is 7.25. The number of aryl methyl sites for hydroxylation is 1. The van der Waals surface area contributed by atoms with Gasteiger partial charge in [0.1, 0.15) is 17.5 Å². The first-order valence-electron chi connectivity index (χ1n) is 12.7. The van der Waals surface area contributed by atoms with Crippen LogP contribution >= 0.6 is 23.4 Å². The number of fused-ring (bicyclic) bond motifs is 1. The number of nitrogens with zero attached hydrogens (tertiary/aromatic N) is 4. The third-order valence-corrected chi connectivity index (χ3v) is 9.16. The zero-order valence-electron chi connectivity index (χ0n) is 21.3. The third-order valence-electron chi connectivity index (χ3n) is 7.69. The maximum atomic E-state index is 15.1. The molecule has 1 aromatic heterocycles. The first-order chi connectivity index (χ1) is 19.5. The Morgan fingerprint density at radius 3 is 2.61 bits per heavy atom. The van der Waals surface area contributed by atoms with Crippen molar-refractivity contribution in [2.24, 2.45) is 0 Å². The minimum Gasteiger partial charge on any atom is -0.377 e. The molecule has 4 heterocycles. The molecule has 0 radical (unpaired) electrons. The van der Waals surface area contributed by atoms with Crippen LogP contribution in [-0.2, 0) is 22.3 Å². The van der Waals surface area contributed by atoms with Gasteiger partial charge in [-0.05, 0) is 30.4 Å². The molecule has 7 nitrogen and oxygen atoms in total. The summed E-state index contributed by atoms with van der Waals surface area (Å²) < 4.78 is 80.3. The SMILES string of the molecule is C=CC(=O)N1CCN(c2nc(=O)n3c4c(c(-c5cc(Cl)c(F)cc5F)c(C(F)(F)F)cc24)SCCC3)[C@@H]2COC[C@@H]21. The van der Waals surface area contributed by atoms with Crippen molar-refractivity contribution in [3.63, 3.8) is 0 Å². The van der Waals surface area contributed by atoms with Gasteiger partial charge in [0.05, 0.1) is 41.4 Å². The van der Waals surface area contributed by atoms with Crippen LogP contribution in [0.15, 0.2) is 40.5 Å². The van der Waals surface area contributed by atoms with Gasteiger partial charge in [0.15, 0.2) is 0 Å². The van der Waals surface area contributed by atoms with Gasteiger partial charge in [-0.1, -0.05) is 18.2 Å². The maximum Gasteiger partial charge on any atom is 0.417 e. The van der Waals surface area contributed by atoms with Crippen LogP contribution in [-0.4, -0.2) is 64.5 Å². The lowest BCUT2D eigenvalue weighted by molar-refractivity contribution is -0.137. The van der Waals surface area contributed by atoms with Crippen LogP contribution in [0.5, 0.6) is 0 Å². The molecule has 0 bridgehead atoms. The molecule has 2 atom stereocenters. The van der Waals surface area contributed by atoms with Crippen LogP contribution in [0.4, 0.5) is 27.8 Å². The minimum absolute atomic E-state index is 0.0332. The molecule has 1 amide bonds. The molecule has 2 saturated heterocycles. The van der Waals surface area contributed by atoms with Crippen molar-refractivity contribution < 1.29 is 31.5 Å². The molecule has 0 aliphatic carbocycles. The van der Waals surface area contributed by atoms with Crippen LogP contribution in [0.1, 0.15) is 12.0 Å². The molecule has 2 aromatic carbocycles. The monoisotopic (exact) mass is 612 g/mol. The number of ether oxygens (including phenoxy) is 1. The van der Waals surface area contributed by atoms with Gasteiger partial charge in [-0.3, -0.25) is 9.36 Å². The Hall–Kier alpha value is -3.16. The van der Waals surface area contributed by atoms with Crippen LogP contribution in [0.25, 0.3) is 22.0 Å². The summed E-state index contributed by atoms with van der Waals surface area (Å²) in [4.78, 5) is 33.5. The van der Waals surface area contributed by atoms with Crippen LogP contribution < -0.4 is 10.6 Å². The van der Waals surface area contributed by atoms with Crippen LogP contribution in [0.2, 0.25) is 5.02 Å². The summed E-state index contributed by atoms with van der Waals surface area (Å²) in [6.07, 6.45) is -3.31. The molecular weight excluding hydrogens is 591 g/mol. The lowest BCUT2D eigenvalue weighted by atomic mass is 9.95. The molecule has 216 valence electrons. The van der Waals surface area contributed by atoms with Crippen molar-refractivity contribution in [1.29, 1.82) is 0 Å². The summed E-state index contributed by atoms with van der Waals surface area (Å²) in [5.41, 5.74) is -2.67. The number of hydrogen-bond acceptors (Lipinski definition) is 6. The Labute approximate surface area is 239 Å². The number of anilines is 1. The van der Waals surface area contributed by atoms with Crippen molar-refractivity contribution >= 4 is 46.0 Å². The number of carbonyl (C=O) groups is 1. The Bertz CT molecular complexity index is 1660. The predicted molar refractivity (Wildman–Crippen MR) is 144 cm³/mol. The first-order valence-corrected chi connectivity index (χ1v) is 14.1. The fraction of sp³-hybridized carbons (Fsp3) is 0.370. The van der Waals surface area contributed by atoms with Gasteiger partial charge in [-0.25, -0.2) is 13.6 Å². The largest absolute Gasteiger partial charge is 0.417 e. The zero-order valence-corrected chi connectivity index (χ0v) is 22.9. The van der Waals surface area contributed by atoms with E-state index in [2.05, 4.69) is 11.6 Å². The van der Waals surface area contributed by atoms with Crippen molar-refractivity contribution in [3.05, 3.63) is 63.6 Å². The van der Waals surface area contributed by atoms with Gasteiger partial charge in [0.2, 0.25) is 5.91 Å². The summed E-state index contributed by atoms with van der Waals surface area (Å²) in [7, 11) is 0. The number of piperazine rings is 1. The molecule has 3 aromatic rings. The van der Waals surface area contributed by atoms with E-state index in [1.54, 1.807) is 9.80 Å². The molecule has 3 aliphatic heterocycles. The smallest absolute Gasteiger partial charge is 0.377 e. The van der Waals surface area contributed by atoms with E-state index >= 15 is 4.39 Å². The second-order valence-corrected chi connectivity index (χ2v) is 11.5. The number of amides is 1. The molecule has 3 aliphatic rings. The molecule has 0 N–H and O–H groups in total. The summed E-state index contributed by atoms with van der Waals surface area (Å²) in [6.45, 7) is 4.51. The standard InChI is InChI=1S/C27H22ClF5N4O3S/c1-2-21(38)35-5-6-36(20-12-40-11-19(20)35)25-14-8-15(27(31,32)33)22(13-9-16(28)18(30)10-17(13)29)24-23(14)37(26(39)34-25)4-3-7-41-24/h2,8-10,19-20H,1,3-7,11-12H2/t19-,20+/m0/s1. The van der Waals surface area contributed by atoms with E-state index in [9.17, 15) is 27.2 Å². The number of benzene rings is 2. The average molecular weight is 613 g/mol. The topological polar surface area (TPSA) is 67.7 Å².